The predicted molar refractivity (Wildman–Crippen MR) is 141 cm³/mol. The summed E-state index contributed by atoms with van der Waals surface area (Å²) in [5.74, 6) is -2.17. The molecule has 36 heavy (non-hydrogen) atoms. The Hall–Kier alpha value is -2.78. The van der Waals surface area contributed by atoms with Gasteiger partial charge in [-0.05, 0) is 31.4 Å². The lowest BCUT2D eigenvalue weighted by Gasteiger charge is -2.25. The van der Waals surface area contributed by atoms with E-state index in [0.717, 1.165) is 5.56 Å². The monoisotopic (exact) mass is 517 g/mol. The molecule has 0 spiro atoms. The maximum atomic E-state index is 13.1. The predicted octanol–water partition coefficient (Wildman–Crippen LogP) is 4.47. The number of esters is 1. The summed E-state index contributed by atoms with van der Waals surface area (Å²) in [7, 11) is 1.87. The van der Waals surface area contributed by atoms with Crippen LogP contribution in [0.2, 0.25) is 0 Å². The highest BCUT2D eigenvalue weighted by Gasteiger charge is 2.28. The first kappa shape index (κ1) is 29.5. The number of aliphatic carboxylic acids is 1. The van der Waals surface area contributed by atoms with Crippen molar-refractivity contribution in [2.24, 2.45) is 17.8 Å². The average molecular weight is 518 g/mol. The number of carboxylic acid groups (broad SMARTS) is 1. The van der Waals surface area contributed by atoms with Crippen molar-refractivity contribution in [1.82, 2.24) is 15.6 Å². The second kappa shape index (κ2) is 14.1. The van der Waals surface area contributed by atoms with E-state index in [2.05, 4.69) is 29.5 Å². The smallest absolute Gasteiger partial charge is 0.309 e. The van der Waals surface area contributed by atoms with Crippen molar-refractivity contribution in [3.63, 3.8) is 0 Å². The summed E-state index contributed by atoms with van der Waals surface area (Å²) in [6.45, 7) is 9.38. The summed E-state index contributed by atoms with van der Waals surface area (Å²) < 4.78 is 5.78. The first-order chi connectivity index (χ1) is 17.0. The van der Waals surface area contributed by atoms with Crippen LogP contribution in [0.4, 0.5) is 0 Å². The second-order valence-corrected chi connectivity index (χ2v) is 10.8. The molecule has 2 rings (SSSR count). The quantitative estimate of drug-likeness (QED) is 0.317. The molecule has 0 bridgehead atoms. The molecule has 8 nitrogen and oxygen atoms in total. The number of carbonyl (C=O) groups excluding carboxylic acids is 2. The molecule has 0 aliphatic carbocycles. The minimum atomic E-state index is -0.905. The van der Waals surface area contributed by atoms with E-state index < -0.39 is 18.0 Å². The lowest BCUT2D eigenvalue weighted by atomic mass is 9.96. The maximum absolute atomic E-state index is 13.1. The van der Waals surface area contributed by atoms with Gasteiger partial charge in [-0.2, -0.15) is 0 Å². The standard InChI is InChI=1S/C27H39N3O5S/c1-16(2)21(28-6)14-23(35-27(34)17(3)4)25-30-22(15-36-25)24(31)29-20(12-18(5)26(32)33)13-19-10-8-7-9-11-19/h7-11,15-18,20-21,23,28H,12-14H2,1-6H3,(H,29,31)(H,32,33)/t18?,20?,21-,23-/m1/s1. The molecule has 2 unspecified atom stereocenters. The molecule has 2 aromatic rings. The Balaban J connectivity index is 2.22. The molecule has 1 amide bonds. The molecule has 9 heteroatoms. The SMILES string of the molecule is CN[C@H](C[C@@H](OC(=O)C(C)C)c1nc(C(=O)NC(Cc2ccccc2)CC(C)C(=O)O)cs1)C(C)C. The van der Waals surface area contributed by atoms with Gasteiger partial charge in [0.1, 0.15) is 10.7 Å². The number of benzene rings is 1. The number of hydrogen-bond acceptors (Lipinski definition) is 7. The molecular weight excluding hydrogens is 478 g/mol. The molecule has 3 N–H and O–H groups in total. The van der Waals surface area contributed by atoms with Crippen molar-refractivity contribution in [1.29, 1.82) is 0 Å². The molecule has 0 aliphatic heterocycles. The van der Waals surface area contributed by atoms with Crippen molar-refractivity contribution < 1.29 is 24.2 Å². The number of nitrogens with one attached hydrogen (secondary N) is 2. The lowest BCUT2D eigenvalue weighted by Crippen LogP contribution is -2.39. The summed E-state index contributed by atoms with van der Waals surface area (Å²) >= 11 is 1.28. The molecule has 1 heterocycles. The van der Waals surface area contributed by atoms with E-state index in [9.17, 15) is 19.5 Å². The number of hydrogen-bond donors (Lipinski definition) is 3. The Morgan fingerprint density at radius 1 is 1.06 bits per heavy atom. The molecule has 0 saturated heterocycles. The second-order valence-electron chi connectivity index (χ2n) is 9.86. The molecular formula is C27H39N3O5S. The first-order valence-electron chi connectivity index (χ1n) is 12.4. The van der Waals surface area contributed by atoms with E-state index in [1.54, 1.807) is 26.2 Å². The Kier molecular flexibility index (Phi) is 11.5. The summed E-state index contributed by atoms with van der Waals surface area (Å²) in [6, 6.07) is 9.36. The van der Waals surface area contributed by atoms with Crippen molar-refractivity contribution in [2.75, 3.05) is 7.05 Å². The van der Waals surface area contributed by atoms with Crippen molar-refractivity contribution >= 4 is 29.2 Å². The number of thiazole rings is 1. The van der Waals surface area contributed by atoms with E-state index in [4.69, 9.17) is 4.74 Å². The zero-order valence-electron chi connectivity index (χ0n) is 22.0. The minimum absolute atomic E-state index is 0.101. The van der Waals surface area contributed by atoms with Gasteiger partial charge in [0, 0.05) is 23.9 Å². The Bertz CT molecular complexity index is 992. The van der Waals surface area contributed by atoms with Crippen molar-refractivity contribution in [2.45, 2.75) is 72.1 Å². The molecule has 1 aromatic heterocycles. The number of nitrogens with zero attached hydrogens (tertiary/aromatic N) is 1. The fourth-order valence-corrected chi connectivity index (χ4v) is 4.69. The van der Waals surface area contributed by atoms with Crippen LogP contribution in [-0.4, -0.2) is 47.1 Å². The van der Waals surface area contributed by atoms with Gasteiger partial charge < -0.3 is 20.5 Å². The zero-order chi connectivity index (χ0) is 26.8. The summed E-state index contributed by atoms with van der Waals surface area (Å²) in [5.41, 5.74) is 1.24. The number of carboxylic acids is 1. The van der Waals surface area contributed by atoms with E-state index in [-0.39, 0.29) is 35.6 Å². The van der Waals surface area contributed by atoms with Crippen LogP contribution in [0.15, 0.2) is 35.7 Å². The highest BCUT2D eigenvalue weighted by molar-refractivity contribution is 7.09. The van der Waals surface area contributed by atoms with Gasteiger partial charge in [-0.3, -0.25) is 14.4 Å². The van der Waals surface area contributed by atoms with Gasteiger partial charge in [-0.1, -0.05) is 65.0 Å². The fourth-order valence-electron chi connectivity index (χ4n) is 3.85. The van der Waals surface area contributed by atoms with Gasteiger partial charge in [-0.25, -0.2) is 4.98 Å². The third-order valence-electron chi connectivity index (χ3n) is 6.12. The van der Waals surface area contributed by atoms with E-state index in [0.29, 0.717) is 30.2 Å². The lowest BCUT2D eigenvalue weighted by molar-refractivity contribution is -0.154. The molecule has 0 aliphatic rings. The molecule has 4 atom stereocenters. The van der Waals surface area contributed by atoms with Gasteiger partial charge in [0.25, 0.3) is 5.91 Å². The van der Waals surface area contributed by atoms with Crippen LogP contribution in [0.5, 0.6) is 0 Å². The largest absolute Gasteiger partial charge is 0.481 e. The normalized spacial score (nSPS) is 14.8. The topological polar surface area (TPSA) is 118 Å². The van der Waals surface area contributed by atoms with Gasteiger partial charge in [0.15, 0.2) is 6.10 Å². The van der Waals surface area contributed by atoms with Crippen molar-refractivity contribution in [3.8, 4) is 0 Å². The number of amides is 1. The maximum Gasteiger partial charge on any atom is 0.309 e. The molecule has 0 saturated carbocycles. The van der Waals surface area contributed by atoms with Gasteiger partial charge in [0.2, 0.25) is 0 Å². The van der Waals surface area contributed by atoms with E-state index in [1.165, 1.54) is 11.3 Å². The van der Waals surface area contributed by atoms with Crippen LogP contribution in [0.3, 0.4) is 0 Å². The molecule has 0 radical (unpaired) electrons. The molecule has 0 fully saturated rings. The number of ether oxygens (including phenoxy) is 1. The van der Waals surface area contributed by atoms with Crippen LogP contribution in [0.25, 0.3) is 0 Å². The van der Waals surface area contributed by atoms with Gasteiger partial charge >= 0.3 is 11.9 Å². The van der Waals surface area contributed by atoms with E-state index >= 15 is 0 Å². The minimum Gasteiger partial charge on any atom is -0.481 e. The van der Waals surface area contributed by atoms with Crippen LogP contribution in [0.1, 0.15) is 74.6 Å². The third kappa shape index (κ3) is 9.02. The number of aromatic nitrogens is 1. The first-order valence-corrected chi connectivity index (χ1v) is 13.3. The van der Waals surface area contributed by atoms with E-state index in [1.807, 2.05) is 37.4 Å². The fraction of sp³-hybridized carbons (Fsp3) is 0.556. The highest BCUT2D eigenvalue weighted by Crippen LogP contribution is 2.29. The Labute approximate surface area is 217 Å². The summed E-state index contributed by atoms with van der Waals surface area (Å²) in [6.07, 6.45) is 0.764. The number of rotatable bonds is 14. The zero-order valence-corrected chi connectivity index (χ0v) is 22.8. The van der Waals surface area contributed by atoms with Crippen LogP contribution in [-0.2, 0) is 20.7 Å². The number of carbonyl (C=O) groups is 3. The highest BCUT2D eigenvalue weighted by atomic mass is 32.1. The molecule has 1 aromatic carbocycles. The van der Waals surface area contributed by atoms with Gasteiger partial charge in [0.05, 0.1) is 11.8 Å². The average Bonchev–Trinajstić information content (AvgIpc) is 3.32. The molecule has 198 valence electrons. The van der Waals surface area contributed by atoms with Crippen molar-refractivity contribution in [3.05, 3.63) is 52.0 Å². The third-order valence-corrected chi connectivity index (χ3v) is 7.06. The summed E-state index contributed by atoms with van der Waals surface area (Å²) in [5, 5.41) is 17.8. The Morgan fingerprint density at radius 2 is 1.72 bits per heavy atom. The Morgan fingerprint density at radius 3 is 2.28 bits per heavy atom. The van der Waals surface area contributed by atoms with Crippen LogP contribution < -0.4 is 10.6 Å². The van der Waals surface area contributed by atoms with Crippen LogP contribution in [0, 0.1) is 17.8 Å². The van der Waals surface area contributed by atoms with Gasteiger partial charge in [-0.15, -0.1) is 11.3 Å². The van der Waals surface area contributed by atoms with Crippen LogP contribution >= 0.6 is 11.3 Å². The summed E-state index contributed by atoms with van der Waals surface area (Å²) in [4.78, 5) is 41.5.